The first-order valence-electron chi connectivity index (χ1n) is 3.88. The topological polar surface area (TPSA) is 86.3 Å². The molecule has 0 unspecified atom stereocenters. The van der Waals surface area contributed by atoms with Crippen LogP contribution >= 0.6 is 11.6 Å². The molecule has 0 aliphatic carbocycles. The van der Waals surface area contributed by atoms with E-state index in [4.69, 9.17) is 11.6 Å². The van der Waals surface area contributed by atoms with Crippen LogP contribution in [0.4, 0.5) is 18.9 Å². The number of hydrogen-bond donors (Lipinski definition) is 0. The van der Waals surface area contributed by atoms with Crippen LogP contribution in [0.5, 0.6) is 0 Å². The molecule has 10 heteroatoms. The second-order valence-corrected chi connectivity index (χ2v) is 3.21. The molecule has 0 N–H and O–H groups in total. The lowest BCUT2D eigenvalue weighted by Crippen LogP contribution is -2.09. The van der Waals surface area contributed by atoms with Crippen molar-refractivity contribution in [2.45, 2.75) is 6.54 Å². The Balaban J connectivity index is 3.65. The summed E-state index contributed by atoms with van der Waals surface area (Å²) in [5.41, 5.74) is -2.55. The molecule has 0 amide bonds. The summed E-state index contributed by atoms with van der Waals surface area (Å²) in [4.78, 5) is 18.1. The fourth-order valence-corrected chi connectivity index (χ4v) is 1.36. The Morgan fingerprint density at radius 3 is 2.00 bits per heavy atom. The molecule has 0 saturated carbocycles. The minimum absolute atomic E-state index is 1.02. The maximum absolute atomic E-state index is 13.1. The molecular formula is C7H2ClF3N2O4. The van der Waals surface area contributed by atoms with Gasteiger partial charge in [-0.15, -0.1) is 0 Å². The molecule has 17 heavy (non-hydrogen) atoms. The molecule has 0 heterocycles. The molecule has 6 nitrogen and oxygen atoms in total. The summed E-state index contributed by atoms with van der Waals surface area (Å²) >= 11 is 5.17. The quantitative estimate of drug-likeness (QED) is 0.365. The van der Waals surface area contributed by atoms with Gasteiger partial charge in [0.2, 0.25) is 18.2 Å². The van der Waals surface area contributed by atoms with Crippen LogP contribution in [0, 0.1) is 37.7 Å². The van der Waals surface area contributed by atoms with Crippen molar-refractivity contribution < 1.29 is 23.0 Å². The van der Waals surface area contributed by atoms with Crippen LogP contribution in [0.2, 0.25) is 5.02 Å². The van der Waals surface area contributed by atoms with Crippen molar-refractivity contribution in [3.05, 3.63) is 48.3 Å². The molecule has 92 valence electrons. The Labute approximate surface area is 95.9 Å². The van der Waals surface area contributed by atoms with Gasteiger partial charge in [-0.25, -0.2) is 8.78 Å². The highest BCUT2D eigenvalue weighted by atomic mass is 35.5. The van der Waals surface area contributed by atoms with Gasteiger partial charge in [0, 0.05) is 4.92 Å². The predicted octanol–water partition coefficient (Wildman–Crippen LogP) is 2.44. The lowest BCUT2D eigenvalue weighted by molar-refractivity contribution is -0.498. The third-order valence-electron chi connectivity index (χ3n) is 1.81. The molecule has 0 bridgehead atoms. The molecule has 0 aromatic heterocycles. The van der Waals surface area contributed by atoms with Gasteiger partial charge in [-0.1, -0.05) is 11.6 Å². The molecule has 0 aliphatic rings. The fraction of sp³-hybridized carbons (Fsp3) is 0.143. The van der Waals surface area contributed by atoms with Crippen molar-refractivity contribution in [2.75, 3.05) is 0 Å². The Bertz CT molecular complexity index is 523. The second kappa shape index (κ2) is 4.53. The van der Waals surface area contributed by atoms with Crippen molar-refractivity contribution >= 4 is 17.3 Å². The van der Waals surface area contributed by atoms with E-state index in [2.05, 4.69) is 0 Å². The van der Waals surface area contributed by atoms with Gasteiger partial charge in [0.25, 0.3) is 0 Å². The van der Waals surface area contributed by atoms with Crippen LogP contribution in [-0.4, -0.2) is 9.85 Å². The molecule has 0 saturated heterocycles. The molecule has 0 radical (unpaired) electrons. The van der Waals surface area contributed by atoms with Crippen molar-refractivity contribution in [1.82, 2.24) is 0 Å². The van der Waals surface area contributed by atoms with Crippen molar-refractivity contribution in [3.63, 3.8) is 0 Å². The summed E-state index contributed by atoms with van der Waals surface area (Å²) in [6, 6.07) is 0. The Morgan fingerprint density at radius 2 is 1.59 bits per heavy atom. The van der Waals surface area contributed by atoms with E-state index in [1.807, 2.05) is 0 Å². The zero-order valence-corrected chi connectivity index (χ0v) is 8.50. The zero-order chi connectivity index (χ0) is 13.3. The molecule has 0 aliphatic heterocycles. The van der Waals surface area contributed by atoms with Gasteiger partial charge in [-0.2, -0.15) is 4.39 Å². The van der Waals surface area contributed by atoms with Gasteiger partial charge in [0.15, 0.2) is 5.82 Å². The minimum Gasteiger partial charge on any atom is -0.264 e. The van der Waals surface area contributed by atoms with E-state index in [-0.39, 0.29) is 0 Å². The number of nitro benzene ring substituents is 1. The van der Waals surface area contributed by atoms with E-state index >= 15 is 0 Å². The maximum atomic E-state index is 13.1. The highest BCUT2D eigenvalue weighted by Crippen LogP contribution is 2.34. The van der Waals surface area contributed by atoms with Crippen molar-refractivity contribution in [1.29, 1.82) is 0 Å². The molecule has 1 rings (SSSR count). The summed E-state index contributed by atoms with van der Waals surface area (Å²) in [6.07, 6.45) is 0. The summed E-state index contributed by atoms with van der Waals surface area (Å²) in [6.45, 7) is -1.29. The van der Waals surface area contributed by atoms with Crippen LogP contribution in [0.3, 0.4) is 0 Å². The first kappa shape index (κ1) is 13.2. The molecule has 0 spiro atoms. The Hall–Kier alpha value is -1.90. The van der Waals surface area contributed by atoms with E-state index in [1.54, 1.807) is 0 Å². The van der Waals surface area contributed by atoms with Crippen LogP contribution in [0.25, 0.3) is 0 Å². The van der Waals surface area contributed by atoms with E-state index in [9.17, 15) is 33.4 Å². The molecule has 1 aromatic rings. The van der Waals surface area contributed by atoms with Crippen LogP contribution in [-0.2, 0) is 6.54 Å². The zero-order valence-electron chi connectivity index (χ0n) is 7.75. The number of halogens is 4. The monoisotopic (exact) mass is 270 g/mol. The largest absolute Gasteiger partial charge is 0.319 e. The van der Waals surface area contributed by atoms with Gasteiger partial charge in [0.1, 0.15) is 5.56 Å². The Kier molecular flexibility index (Phi) is 3.51. The number of benzene rings is 1. The van der Waals surface area contributed by atoms with Gasteiger partial charge in [-0.05, 0) is 0 Å². The van der Waals surface area contributed by atoms with Crippen molar-refractivity contribution in [3.8, 4) is 0 Å². The average molecular weight is 271 g/mol. The summed E-state index contributed by atoms with van der Waals surface area (Å²) < 4.78 is 38.8. The first-order valence-corrected chi connectivity index (χ1v) is 4.26. The smallest absolute Gasteiger partial charge is 0.264 e. The normalized spacial score (nSPS) is 10.4. The van der Waals surface area contributed by atoms with E-state index < -0.39 is 50.1 Å². The summed E-state index contributed by atoms with van der Waals surface area (Å²) in [7, 11) is 0. The first-order chi connectivity index (χ1) is 7.77. The van der Waals surface area contributed by atoms with Crippen LogP contribution < -0.4 is 0 Å². The van der Waals surface area contributed by atoms with Crippen LogP contribution in [0.15, 0.2) is 0 Å². The molecule has 0 fully saturated rings. The number of hydrogen-bond acceptors (Lipinski definition) is 4. The number of rotatable bonds is 3. The highest BCUT2D eigenvalue weighted by Gasteiger charge is 2.33. The highest BCUT2D eigenvalue weighted by molar-refractivity contribution is 6.31. The molecule has 0 atom stereocenters. The van der Waals surface area contributed by atoms with E-state index in [1.165, 1.54) is 0 Å². The lowest BCUT2D eigenvalue weighted by atomic mass is 10.1. The van der Waals surface area contributed by atoms with Gasteiger partial charge >= 0.3 is 5.69 Å². The summed E-state index contributed by atoms with van der Waals surface area (Å²) in [5.74, 6) is -6.16. The van der Waals surface area contributed by atoms with Gasteiger partial charge in [-0.3, -0.25) is 20.2 Å². The predicted molar refractivity (Wildman–Crippen MR) is 48.7 cm³/mol. The third kappa shape index (κ3) is 2.28. The molecular weight excluding hydrogens is 269 g/mol. The van der Waals surface area contributed by atoms with Crippen molar-refractivity contribution in [2.24, 2.45) is 0 Å². The third-order valence-corrected chi connectivity index (χ3v) is 2.20. The second-order valence-electron chi connectivity index (χ2n) is 2.83. The SMILES string of the molecule is O=[N+]([O-])Cc1c(Cl)c(F)c(F)c(F)c1[N+](=O)[O-]. The number of nitrogens with zero attached hydrogens (tertiary/aromatic N) is 2. The Morgan fingerprint density at radius 1 is 1.06 bits per heavy atom. The summed E-state index contributed by atoms with van der Waals surface area (Å²) in [5, 5.41) is 19.5. The minimum atomic E-state index is -2.14. The van der Waals surface area contributed by atoms with Crippen LogP contribution in [0.1, 0.15) is 5.56 Å². The fourth-order valence-electron chi connectivity index (χ4n) is 1.13. The maximum Gasteiger partial charge on any atom is 0.319 e. The van der Waals surface area contributed by atoms with E-state index in [0.29, 0.717) is 0 Å². The van der Waals surface area contributed by atoms with Gasteiger partial charge < -0.3 is 0 Å². The average Bonchev–Trinajstić information content (AvgIpc) is 2.22. The number of nitro groups is 2. The molecule has 1 aromatic carbocycles. The van der Waals surface area contributed by atoms with Gasteiger partial charge in [0.05, 0.1) is 9.95 Å². The standard InChI is InChI=1S/C7H2ClF3N2O4/c8-3-2(1-12(14)15)7(13(16)17)6(11)5(10)4(3)9/h1H2. The lowest BCUT2D eigenvalue weighted by Gasteiger charge is -2.05. The van der Waals surface area contributed by atoms with E-state index in [0.717, 1.165) is 0 Å².